The van der Waals surface area contributed by atoms with E-state index in [2.05, 4.69) is 211 Å². The van der Waals surface area contributed by atoms with Gasteiger partial charge >= 0.3 is 257 Å². The van der Waals surface area contributed by atoms with Crippen LogP contribution >= 0.6 is 0 Å². The molecule has 0 N–H and O–H groups in total. The maximum Gasteiger partial charge on any atom is -0.0380 e. The molecule has 258 valence electrons. The van der Waals surface area contributed by atoms with Crippen molar-refractivity contribution in [2.45, 2.75) is 5.92 Å². The summed E-state index contributed by atoms with van der Waals surface area (Å²) in [6, 6.07) is 76.5. The van der Waals surface area contributed by atoms with Gasteiger partial charge in [0.2, 0.25) is 0 Å². The Morgan fingerprint density at radius 3 is 1.89 bits per heavy atom. The van der Waals surface area contributed by atoms with Gasteiger partial charge in [-0.3, -0.25) is 0 Å². The summed E-state index contributed by atoms with van der Waals surface area (Å²) >= 11 is 0.287. The van der Waals surface area contributed by atoms with E-state index in [0.717, 1.165) is 0 Å². The number of rotatable bonds is 6. The third-order valence-corrected chi connectivity index (χ3v) is 13.7. The molecule has 0 aliphatic carbocycles. The van der Waals surface area contributed by atoms with Gasteiger partial charge < -0.3 is 0 Å². The molecule has 0 fully saturated rings. The summed E-state index contributed by atoms with van der Waals surface area (Å²) in [6.45, 7) is 0. The van der Waals surface area contributed by atoms with E-state index in [-0.39, 0.29) is 20.4 Å². The quantitative estimate of drug-likeness (QED) is 0.117. The maximum atomic E-state index is 2.50. The molecule has 2 heterocycles. The zero-order valence-electron chi connectivity index (χ0n) is 30.1. The summed E-state index contributed by atoms with van der Waals surface area (Å²) in [5, 5.41) is 7.85. The zero-order chi connectivity index (χ0) is 36.3. The molecule has 2 heteroatoms. The van der Waals surface area contributed by atoms with E-state index in [0.29, 0.717) is 0 Å². The van der Waals surface area contributed by atoms with Gasteiger partial charge in [0, 0.05) is 11.1 Å². The molecule has 1 unspecified atom stereocenters. The van der Waals surface area contributed by atoms with Crippen molar-refractivity contribution in [3.63, 3.8) is 0 Å². The monoisotopic (exact) mass is 765 g/mol. The summed E-state index contributed by atoms with van der Waals surface area (Å²) < 4.78 is 5.34. The first-order chi connectivity index (χ1) is 27.3. The summed E-state index contributed by atoms with van der Waals surface area (Å²) in [5.41, 5.74) is 12.5. The van der Waals surface area contributed by atoms with Crippen molar-refractivity contribution in [1.82, 2.24) is 4.57 Å². The minimum absolute atomic E-state index is 0.0598. The van der Waals surface area contributed by atoms with Crippen LogP contribution in [0.2, 0.25) is 0 Å². The summed E-state index contributed by atoms with van der Waals surface area (Å²) in [6.07, 6.45) is 0. The molecule has 0 saturated heterocycles. The number of hydrogen-bond donors (Lipinski definition) is 0. The molecule has 0 amide bonds. The minimum atomic E-state index is 0.0598. The van der Waals surface area contributed by atoms with Crippen LogP contribution in [0.25, 0.3) is 79.8 Å². The molecule has 0 bridgehead atoms. The van der Waals surface area contributed by atoms with Crippen LogP contribution in [0, 0.1) is 0 Å². The first kappa shape index (κ1) is 32.0. The van der Waals surface area contributed by atoms with Gasteiger partial charge in [-0.15, -0.1) is 0 Å². The second-order valence-corrected chi connectivity index (χ2v) is 16.8. The molecule has 11 rings (SSSR count). The Bertz CT molecular complexity index is 3200. The van der Waals surface area contributed by atoms with Crippen molar-refractivity contribution in [1.29, 1.82) is 0 Å². The number of aromatic nitrogens is 1. The van der Waals surface area contributed by atoms with Crippen LogP contribution in [-0.4, -0.2) is 19.1 Å². The van der Waals surface area contributed by atoms with Crippen LogP contribution in [-0.2, 0) is 0 Å². The summed E-state index contributed by atoms with van der Waals surface area (Å²) in [7, 11) is 0. The Balaban J connectivity index is 1.06. The SMILES string of the molecule is c1ccc(-n2c3ccccc3c3ccc(-c4ccc(C(c5ccc6c(c5)[se]c5ccccc56)c5ccccc5-c5ccc6ccccc6c5)cc4)cc32)cc1. The van der Waals surface area contributed by atoms with Crippen LogP contribution in [0.5, 0.6) is 0 Å². The Labute approximate surface area is 326 Å². The molecule has 2 aromatic heterocycles. The summed E-state index contributed by atoms with van der Waals surface area (Å²) in [4.78, 5) is 0. The van der Waals surface area contributed by atoms with Crippen molar-refractivity contribution >= 4 is 66.4 Å². The fourth-order valence-electron chi connectivity index (χ4n) is 8.72. The molecule has 9 aromatic carbocycles. The molecular weight excluding hydrogens is 730 g/mol. The van der Waals surface area contributed by atoms with Crippen molar-refractivity contribution in [2.24, 2.45) is 0 Å². The number of fused-ring (bicyclic) bond motifs is 7. The summed E-state index contributed by atoms with van der Waals surface area (Å²) in [5.74, 6) is 0.0598. The largest absolute Gasteiger partial charge is 0.0602 e. The van der Waals surface area contributed by atoms with Gasteiger partial charge in [0.15, 0.2) is 0 Å². The Morgan fingerprint density at radius 1 is 0.364 bits per heavy atom. The normalized spacial score (nSPS) is 12.3. The average Bonchev–Trinajstić information content (AvgIpc) is 3.79. The van der Waals surface area contributed by atoms with Gasteiger partial charge in [-0.1, -0.05) is 36.4 Å². The van der Waals surface area contributed by atoms with Crippen molar-refractivity contribution in [2.75, 3.05) is 0 Å². The van der Waals surface area contributed by atoms with Crippen molar-refractivity contribution in [3.8, 4) is 27.9 Å². The topological polar surface area (TPSA) is 4.93 Å². The predicted molar refractivity (Wildman–Crippen MR) is 235 cm³/mol. The van der Waals surface area contributed by atoms with E-state index in [1.165, 1.54) is 96.5 Å². The van der Waals surface area contributed by atoms with E-state index < -0.39 is 0 Å². The molecule has 1 atom stereocenters. The first-order valence-electron chi connectivity index (χ1n) is 19.0. The van der Waals surface area contributed by atoms with Crippen LogP contribution in [0.3, 0.4) is 0 Å². The van der Waals surface area contributed by atoms with Gasteiger partial charge in [-0.2, -0.15) is 0 Å². The smallest absolute Gasteiger partial charge is 0.0380 e. The van der Waals surface area contributed by atoms with Crippen molar-refractivity contribution in [3.05, 3.63) is 223 Å². The number of nitrogens with zero attached hydrogens (tertiary/aromatic N) is 1. The Hall–Kier alpha value is -6.44. The molecule has 0 saturated carbocycles. The molecule has 55 heavy (non-hydrogen) atoms. The van der Waals surface area contributed by atoms with Crippen LogP contribution in [0.4, 0.5) is 0 Å². The standard InChI is InChI=1S/C53H35NSe/c1-2-14-42(15-3-1)54-49-20-10-8-17-44(49)45-30-28-39(33-50(45)54)36-22-25-37(26-23-36)53(41-29-31-47-46-18-9-11-21-51(46)55-52(47)34-41)48-19-7-6-16-43(48)40-27-24-35-12-4-5-13-38(35)32-40/h1-34,53H. The van der Waals surface area contributed by atoms with Gasteiger partial charge in [-0.05, 0) is 18.2 Å². The maximum absolute atomic E-state index is 2.50. The second-order valence-electron chi connectivity index (χ2n) is 14.5. The zero-order valence-corrected chi connectivity index (χ0v) is 31.8. The van der Waals surface area contributed by atoms with Crippen LogP contribution < -0.4 is 0 Å². The van der Waals surface area contributed by atoms with Crippen LogP contribution in [0.1, 0.15) is 22.6 Å². The molecule has 0 aliphatic heterocycles. The second kappa shape index (κ2) is 13.1. The van der Waals surface area contributed by atoms with Gasteiger partial charge in [0.25, 0.3) is 0 Å². The Morgan fingerprint density at radius 2 is 1.00 bits per heavy atom. The van der Waals surface area contributed by atoms with Gasteiger partial charge in [-0.25, -0.2) is 0 Å². The predicted octanol–water partition coefficient (Wildman–Crippen LogP) is 13.8. The van der Waals surface area contributed by atoms with Crippen LogP contribution in [0.15, 0.2) is 206 Å². The molecular formula is C53H35NSe. The van der Waals surface area contributed by atoms with E-state index in [1.807, 2.05) is 0 Å². The van der Waals surface area contributed by atoms with Gasteiger partial charge in [0.05, 0.1) is 5.52 Å². The minimum Gasteiger partial charge on any atom is -0.0602 e. The molecule has 1 nitrogen and oxygen atoms in total. The molecule has 0 aliphatic rings. The third-order valence-electron chi connectivity index (χ3n) is 11.3. The number of hydrogen-bond acceptors (Lipinski definition) is 0. The van der Waals surface area contributed by atoms with E-state index in [1.54, 1.807) is 0 Å². The third kappa shape index (κ3) is 5.45. The van der Waals surface area contributed by atoms with E-state index >= 15 is 0 Å². The molecule has 11 aromatic rings. The fraction of sp³-hybridized carbons (Fsp3) is 0.0189. The van der Waals surface area contributed by atoms with E-state index in [4.69, 9.17) is 0 Å². The van der Waals surface area contributed by atoms with Gasteiger partial charge in [0.1, 0.15) is 0 Å². The number of para-hydroxylation sites is 2. The number of benzene rings is 9. The van der Waals surface area contributed by atoms with E-state index in [9.17, 15) is 0 Å². The molecule has 0 spiro atoms. The fourth-order valence-corrected chi connectivity index (χ4v) is 11.1. The van der Waals surface area contributed by atoms with Crippen molar-refractivity contribution < 1.29 is 0 Å². The first-order valence-corrected chi connectivity index (χ1v) is 20.7. The molecule has 0 radical (unpaired) electrons. The Kier molecular flexibility index (Phi) is 7.66. The average molecular weight is 765 g/mol.